The molecular weight excluding hydrogens is 334 g/mol. The van der Waals surface area contributed by atoms with Gasteiger partial charge in [-0.2, -0.15) is 0 Å². The van der Waals surface area contributed by atoms with Gasteiger partial charge in [0.25, 0.3) is 0 Å². The zero-order valence-electron chi connectivity index (χ0n) is 8.07. The van der Waals surface area contributed by atoms with Gasteiger partial charge in [-0.05, 0) is 0 Å². The predicted molar refractivity (Wildman–Crippen MR) is 50.6 cm³/mol. The van der Waals surface area contributed by atoms with Gasteiger partial charge in [0.15, 0.2) is 0 Å². The van der Waals surface area contributed by atoms with Crippen molar-refractivity contribution in [2.45, 2.75) is 0 Å². The Kier molecular flexibility index (Phi) is 8.27. The summed E-state index contributed by atoms with van der Waals surface area (Å²) in [6.45, 7) is 1.74. The van der Waals surface area contributed by atoms with Crippen molar-refractivity contribution in [2.24, 2.45) is 0 Å². The van der Waals surface area contributed by atoms with Crippen molar-refractivity contribution >= 4 is 31.4 Å². The molecule has 0 aromatic heterocycles. The summed E-state index contributed by atoms with van der Waals surface area (Å²) < 4.78 is 34.5. The Hall–Kier alpha value is 0.837. The van der Waals surface area contributed by atoms with E-state index in [0.29, 0.717) is 19.8 Å². The van der Waals surface area contributed by atoms with E-state index in [-0.39, 0.29) is 19.8 Å². The Morgan fingerprint density at radius 1 is 1.13 bits per heavy atom. The van der Waals surface area contributed by atoms with Crippen LogP contribution in [0.3, 0.4) is 0 Å². The van der Waals surface area contributed by atoms with E-state index in [2.05, 4.69) is 0 Å². The molecule has 0 bridgehead atoms. The Morgan fingerprint density at radius 3 is 2.47 bits per heavy atom. The molecule has 9 heteroatoms. The van der Waals surface area contributed by atoms with Crippen LogP contribution in [0.15, 0.2) is 0 Å². The third-order valence-electron chi connectivity index (χ3n) is 1.25. The molecule has 0 aromatic carbocycles. The standard InChI is InChI=1S/C6H14As2O7/c9-1-2-11-7(10)12-3-4-13-8-14-5-6-15-8/h9-10H,1-6H2. The van der Waals surface area contributed by atoms with E-state index in [0.717, 1.165) is 0 Å². The molecule has 90 valence electrons. The molecule has 0 aromatic rings. The van der Waals surface area contributed by atoms with Crippen LogP contribution in [0.4, 0.5) is 0 Å². The van der Waals surface area contributed by atoms with Crippen LogP contribution in [-0.4, -0.2) is 80.2 Å². The van der Waals surface area contributed by atoms with Crippen LogP contribution >= 0.6 is 0 Å². The average molecular weight is 348 g/mol. The first kappa shape index (κ1) is 13.9. The Bertz CT molecular complexity index is 154. The van der Waals surface area contributed by atoms with Crippen LogP contribution < -0.4 is 0 Å². The van der Waals surface area contributed by atoms with Crippen LogP contribution in [-0.2, 0) is 18.6 Å². The fourth-order valence-electron chi connectivity index (χ4n) is 0.719. The summed E-state index contributed by atoms with van der Waals surface area (Å²) in [5.41, 5.74) is 0. The second-order valence-electron chi connectivity index (χ2n) is 2.35. The van der Waals surface area contributed by atoms with Crippen molar-refractivity contribution in [2.75, 3.05) is 39.6 Å². The predicted octanol–water partition coefficient (Wildman–Crippen LogP) is -1.96. The molecule has 0 spiro atoms. The maximum absolute atomic E-state index is 9.16. The van der Waals surface area contributed by atoms with Crippen molar-refractivity contribution < 1.29 is 27.8 Å². The molecule has 1 atom stereocenters. The second-order valence-corrected chi connectivity index (χ2v) is 7.00. The fraction of sp³-hybridized carbons (Fsp3) is 1.00. The van der Waals surface area contributed by atoms with Crippen LogP contribution in [0.5, 0.6) is 0 Å². The van der Waals surface area contributed by atoms with Crippen molar-refractivity contribution in [3.63, 3.8) is 0 Å². The van der Waals surface area contributed by atoms with Crippen LogP contribution in [0.2, 0.25) is 0 Å². The zero-order valence-corrected chi connectivity index (χ0v) is 11.8. The Labute approximate surface area is 98.9 Å². The molecule has 0 aliphatic carbocycles. The topological polar surface area (TPSA) is 86.6 Å². The summed E-state index contributed by atoms with van der Waals surface area (Å²) in [7, 11) is 0. The van der Waals surface area contributed by atoms with Gasteiger partial charge in [0.2, 0.25) is 0 Å². The number of aliphatic hydroxyl groups excluding tert-OH is 1. The minimum absolute atomic E-state index is 0.0986. The molecule has 0 radical (unpaired) electrons. The third kappa shape index (κ3) is 6.89. The average Bonchev–Trinajstić information content (AvgIpc) is 2.74. The molecule has 1 rings (SSSR count). The normalized spacial score (nSPS) is 19.6. The third-order valence-corrected chi connectivity index (χ3v) is 5.42. The Morgan fingerprint density at radius 2 is 1.80 bits per heavy atom. The number of hydrogen-bond acceptors (Lipinski definition) is 7. The molecule has 0 amide bonds. The molecule has 1 saturated heterocycles. The zero-order chi connectivity index (χ0) is 10.9. The first-order valence-electron chi connectivity index (χ1n) is 4.37. The molecule has 1 fully saturated rings. The molecule has 1 aliphatic rings. The number of rotatable bonds is 8. The molecular formula is C6H14As2O7. The van der Waals surface area contributed by atoms with Gasteiger partial charge in [-0.1, -0.05) is 0 Å². The number of hydrogen-bond donors (Lipinski definition) is 2. The van der Waals surface area contributed by atoms with E-state index in [1.54, 1.807) is 0 Å². The van der Waals surface area contributed by atoms with Crippen LogP contribution in [0.1, 0.15) is 0 Å². The minimum atomic E-state index is -2.65. The quantitative estimate of drug-likeness (QED) is 0.389. The summed E-state index contributed by atoms with van der Waals surface area (Å²) in [5.74, 6) is 0. The van der Waals surface area contributed by atoms with E-state index in [1.165, 1.54) is 0 Å². The molecule has 1 unspecified atom stereocenters. The van der Waals surface area contributed by atoms with E-state index < -0.39 is 31.4 Å². The monoisotopic (exact) mass is 348 g/mol. The maximum atomic E-state index is 9.16. The molecule has 15 heavy (non-hydrogen) atoms. The SMILES string of the molecule is OCCO[As](O)OCCO[As]1OCCO1. The summed E-state index contributed by atoms with van der Waals surface area (Å²) in [5, 5.41) is 8.41. The van der Waals surface area contributed by atoms with Gasteiger partial charge in [-0.15, -0.1) is 0 Å². The van der Waals surface area contributed by atoms with Crippen molar-refractivity contribution in [3.8, 4) is 0 Å². The fourth-order valence-corrected chi connectivity index (χ4v) is 3.73. The van der Waals surface area contributed by atoms with Gasteiger partial charge in [-0.3, -0.25) is 0 Å². The van der Waals surface area contributed by atoms with E-state index in [9.17, 15) is 0 Å². The molecule has 7 nitrogen and oxygen atoms in total. The van der Waals surface area contributed by atoms with Crippen molar-refractivity contribution in [3.05, 3.63) is 0 Å². The van der Waals surface area contributed by atoms with E-state index in [1.807, 2.05) is 0 Å². The summed E-state index contributed by atoms with van der Waals surface area (Å²) >= 11 is -4.61. The Balaban J connectivity index is 1.87. The first-order chi connectivity index (χ1) is 7.33. The second kappa shape index (κ2) is 8.93. The first-order valence-corrected chi connectivity index (χ1v) is 9.04. The van der Waals surface area contributed by atoms with Crippen molar-refractivity contribution in [1.82, 2.24) is 0 Å². The van der Waals surface area contributed by atoms with Gasteiger partial charge < -0.3 is 0 Å². The van der Waals surface area contributed by atoms with Gasteiger partial charge in [0.05, 0.1) is 0 Å². The van der Waals surface area contributed by atoms with E-state index in [4.69, 9.17) is 27.8 Å². The van der Waals surface area contributed by atoms with Gasteiger partial charge in [-0.25, -0.2) is 0 Å². The molecule has 1 heterocycles. The van der Waals surface area contributed by atoms with Crippen LogP contribution in [0.25, 0.3) is 0 Å². The molecule has 1 aliphatic heterocycles. The molecule has 2 N–H and O–H groups in total. The summed E-state index contributed by atoms with van der Waals surface area (Å²) in [6.07, 6.45) is 0. The molecule has 0 saturated carbocycles. The number of aliphatic hydroxyl groups is 1. The van der Waals surface area contributed by atoms with Crippen molar-refractivity contribution in [1.29, 1.82) is 0 Å². The van der Waals surface area contributed by atoms with Gasteiger partial charge in [0, 0.05) is 0 Å². The van der Waals surface area contributed by atoms with E-state index >= 15 is 0 Å². The summed E-state index contributed by atoms with van der Waals surface area (Å²) in [4.78, 5) is 0. The summed E-state index contributed by atoms with van der Waals surface area (Å²) in [6, 6.07) is 0. The van der Waals surface area contributed by atoms with Gasteiger partial charge >= 0.3 is 98.8 Å². The van der Waals surface area contributed by atoms with Gasteiger partial charge in [0.1, 0.15) is 0 Å². The van der Waals surface area contributed by atoms with Crippen LogP contribution in [0, 0.1) is 0 Å².